The summed E-state index contributed by atoms with van der Waals surface area (Å²) in [5.41, 5.74) is 1.07. The summed E-state index contributed by atoms with van der Waals surface area (Å²) in [4.78, 5) is 12.4. The van der Waals surface area contributed by atoms with Gasteiger partial charge in [0.2, 0.25) is 5.91 Å². The van der Waals surface area contributed by atoms with Gasteiger partial charge in [0, 0.05) is 11.5 Å². The van der Waals surface area contributed by atoms with Gasteiger partial charge in [-0.15, -0.1) is 0 Å². The molecule has 21 heavy (non-hydrogen) atoms. The van der Waals surface area contributed by atoms with Crippen LogP contribution in [0.3, 0.4) is 0 Å². The molecule has 4 nitrogen and oxygen atoms in total. The van der Waals surface area contributed by atoms with E-state index < -0.39 is 0 Å². The molecule has 1 aliphatic heterocycles. The number of carbonyl (C=O) groups excluding carboxylic acids is 1. The number of ether oxygens (including phenoxy) is 1. The Morgan fingerprint density at radius 2 is 2.05 bits per heavy atom. The molecular weight excluding hydrogens is 264 g/mol. The molecule has 0 saturated carbocycles. The summed E-state index contributed by atoms with van der Waals surface area (Å²) in [6.45, 7) is 6.58. The molecule has 0 aliphatic carbocycles. The Kier molecular flexibility index (Phi) is 6.05. The van der Waals surface area contributed by atoms with Gasteiger partial charge in [-0.05, 0) is 45.3 Å². The summed E-state index contributed by atoms with van der Waals surface area (Å²) in [7, 11) is 0. The quantitative estimate of drug-likeness (QED) is 0.847. The highest BCUT2D eigenvalue weighted by Crippen LogP contribution is 2.28. The maximum absolute atomic E-state index is 12.4. The van der Waals surface area contributed by atoms with Gasteiger partial charge in [-0.1, -0.05) is 25.1 Å². The fourth-order valence-corrected chi connectivity index (χ4v) is 2.83. The molecule has 2 rings (SSSR count). The number of nitrogens with one attached hydrogen (secondary N) is 2. The number of hydrogen-bond donors (Lipinski definition) is 2. The first-order valence-corrected chi connectivity index (χ1v) is 7.99. The average molecular weight is 290 g/mol. The standard InChI is InChI=1S/C17H26N2O2/c1-3-15(14-7-5-6-8-16(14)21-4-2)19-17(20)13-9-11-18-12-10-13/h5-8,13,15,18H,3-4,9-12H2,1-2H3,(H,19,20). The predicted octanol–water partition coefficient (Wildman–Crippen LogP) is 2.65. The van der Waals surface area contributed by atoms with Crippen LogP contribution in [0.5, 0.6) is 5.75 Å². The monoisotopic (exact) mass is 290 g/mol. The van der Waals surface area contributed by atoms with Crippen LogP contribution in [0.4, 0.5) is 0 Å². The van der Waals surface area contributed by atoms with Crippen molar-refractivity contribution >= 4 is 5.91 Å². The van der Waals surface area contributed by atoms with E-state index >= 15 is 0 Å². The zero-order valence-corrected chi connectivity index (χ0v) is 13.0. The van der Waals surface area contributed by atoms with E-state index in [0.717, 1.165) is 43.7 Å². The average Bonchev–Trinajstić information content (AvgIpc) is 2.54. The molecule has 2 N–H and O–H groups in total. The molecule has 1 fully saturated rings. The zero-order chi connectivity index (χ0) is 15.1. The van der Waals surface area contributed by atoms with Crippen molar-refractivity contribution < 1.29 is 9.53 Å². The van der Waals surface area contributed by atoms with Crippen molar-refractivity contribution in [2.75, 3.05) is 19.7 Å². The van der Waals surface area contributed by atoms with Crippen molar-refractivity contribution in [1.29, 1.82) is 0 Å². The molecule has 0 aromatic heterocycles. The van der Waals surface area contributed by atoms with Crippen LogP contribution in [0.1, 0.15) is 44.7 Å². The van der Waals surface area contributed by atoms with Crippen LogP contribution in [0.15, 0.2) is 24.3 Å². The molecule has 0 spiro atoms. The van der Waals surface area contributed by atoms with Gasteiger partial charge in [0.05, 0.1) is 12.6 Å². The van der Waals surface area contributed by atoms with Crippen LogP contribution in [-0.2, 0) is 4.79 Å². The first kappa shape index (κ1) is 15.8. The Labute approximate surface area is 127 Å². The Hall–Kier alpha value is -1.55. The van der Waals surface area contributed by atoms with Gasteiger partial charge in [0.25, 0.3) is 0 Å². The Morgan fingerprint density at radius 1 is 1.33 bits per heavy atom. The number of para-hydroxylation sites is 1. The molecule has 116 valence electrons. The van der Waals surface area contributed by atoms with E-state index in [-0.39, 0.29) is 17.9 Å². The number of benzene rings is 1. The molecule has 1 aromatic rings. The van der Waals surface area contributed by atoms with Crippen LogP contribution in [-0.4, -0.2) is 25.6 Å². The highest BCUT2D eigenvalue weighted by atomic mass is 16.5. The molecule has 1 atom stereocenters. The van der Waals surface area contributed by atoms with Crippen LogP contribution in [0.25, 0.3) is 0 Å². The normalized spacial score (nSPS) is 17.2. The van der Waals surface area contributed by atoms with Gasteiger partial charge in [-0.3, -0.25) is 4.79 Å². The fraction of sp³-hybridized carbons (Fsp3) is 0.588. The van der Waals surface area contributed by atoms with Crippen molar-refractivity contribution in [3.05, 3.63) is 29.8 Å². The van der Waals surface area contributed by atoms with E-state index in [0.29, 0.717) is 6.61 Å². The van der Waals surface area contributed by atoms with E-state index in [1.165, 1.54) is 0 Å². The first-order valence-electron chi connectivity index (χ1n) is 7.99. The lowest BCUT2D eigenvalue weighted by Gasteiger charge is -2.26. The largest absolute Gasteiger partial charge is 0.494 e. The zero-order valence-electron chi connectivity index (χ0n) is 13.0. The lowest BCUT2D eigenvalue weighted by atomic mass is 9.95. The van der Waals surface area contributed by atoms with Crippen molar-refractivity contribution in [2.45, 2.75) is 39.2 Å². The molecule has 1 unspecified atom stereocenters. The summed E-state index contributed by atoms with van der Waals surface area (Å²) in [6.07, 6.45) is 2.71. The second-order valence-corrected chi connectivity index (χ2v) is 5.46. The fourth-order valence-electron chi connectivity index (χ4n) is 2.83. The summed E-state index contributed by atoms with van der Waals surface area (Å²) < 4.78 is 5.69. The maximum atomic E-state index is 12.4. The number of piperidine rings is 1. The van der Waals surface area contributed by atoms with Crippen LogP contribution >= 0.6 is 0 Å². The predicted molar refractivity (Wildman–Crippen MR) is 84.4 cm³/mol. The van der Waals surface area contributed by atoms with Gasteiger partial charge >= 0.3 is 0 Å². The molecule has 1 saturated heterocycles. The highest BCUT2D eigenvalue weighted by Gasteiger charge is 2.24. The third kappa shape index (κ3) is 4.21. The van der Waals surface area contributed by atoms with Crippen molar-refractivity contribution in [2.24, 2.45) is 5.92 Å². The molecule has 1 heterocycles. The molecule has 1 aromatic carbocycles. The van der Waals surface area contributed by atoms with Crippen molar-refractivity contribution in [3.8, 4) is 5.75 Å². The summed E-state index contributed by atoms with van der Waals surface area (Å²) in [5, 5.41) is 6.50. The van der Waals surface area contributed by atoms with E-state index in [2.05, 4.69) is 17.6 Å². The Morgan fingerprint density at radius 3 is 2.71 bits per heavy atom. The molecular formula is C17H26N2O2. The Balaban J connectivity index is 2.07. The molecule has 1 aliphatic rings. The van der Waals surface area contributed by atoms with Gasteiger partial charge in [-0.2, -0.15) is 0 Å². The van der Waals surface area contributed by atoms with Crippen LogP contribution < -0.4 is 15.4 Å². The smallest absolute Gasteiger partial charge is 0.223 e. The molecule has 0 radical (unpaired) electrons. The molecule has 1 amide bonds. The summed E-state index contributed by atoms with van der Waals surface area (Å²) in [6, 6.07) is 8.00. The maximum Gasteiger partial charge on any atom is 0.223 e. The number of rotatable bonds is 6. The summed E-state index contributed by atoms with van der Waals surface area (Å²) >= 11 is 0. The third-order valence-corrected chi connectivity index (χ3v) is 4.03. The molecule has 0 bridgehead atoms. The first-order chi connectivity index (χ1) is 10.3. The van der Waals surface area contributed by atoms with Gasteiger partial charge < -0.3 is 15.4 Å². The van der Waals surface area contributed by atoms with Crippen LogP contribution in [0, 0.1) is 5.92 Å². The SMILES string of the molecule is CCOc1ccccc1C(CC)NC(=O)C1CCNCC1. The van der Waals surface area contributed by atoms with Crippen molar-refractivity contribution in [1.82, 2.24) is 10.6 Å². The second-order valence-electron chi connectivity index (χ2n) is 5.46. The topological polar surface area (TPSA) is 50.4 Å². The lowest BCUT2D eigenvalue weighted by molar-refractivity contribution is -0.126. The number of hydrogen-bond acceptors (Lipinski definition) is 3. The van der Waals surface area contributed by atoms with E-state index in [9.17, 15) is 4.79 Å². The van der Waals surface area contributed by atoms with E-state index in [1.807, 2.05) is 31.2 Å². The van der Waals surface area contributed by atoms with Gasteiger partial charge in [-0.25, -0.2) is 0 Å². The van der Waals surface area contributed by atoms with Gasteiger partial charge in [0.15, 0.2) is 0 Å². The van der Waals surface area contributed by atoms with Crippen LogP contribution in [0.2, 0.25) is 0 Å². The van der Waals surface area contributed by atoms with E-state index in [1.54, 1.807) is 0 Å². The number of carbonyl (C=O) groups is 1. The minimum atomic E-state index is 0.0233. The van der Waals surface area contributed by atoms with E-state index in [4.69, 9.17) is 4.74 Å². The highest BCUT2D eigenvalue weighted by molar-refractivity contribution is 5.79. The third-order valence-electron chi connectivity index (χ3n) is 4.03. The number of amides is 1. The summed E-state index contributed by atoms with van der Waals surface area (Å²) in [5.74, 6) is 1.19. The Bertz CT molecular complexity index is 456. The minimum Gasteiger partial charge on any atom is -0.494 e. The molecule has 4 heteroatoms. The lowest BCUT2D eigenvalue weighted by Crippen LogP contribution is -2.39. The van der Waals surface area contributed by atoms with Crippen molar-refractivity contribution in [3.63, 3.8) is 0 Å². The van der Waals surface area contributed by atoms with Gasteiger partial charge in [0.1, 0.15) is 5.75 Å². The minimum absolute atomic E-state index is 0.0233. The second kappa shape index (κ2) is 8.03.